The molecule has 14 heavy (non-hydrogen) atoms. The highest BCUT2D eigenvalue weighted by molar-refractivity contribution is 5.52. The van der Waals surface area contributed by atoms with Gasteiger partial charge in [-0.3, -0.25) is 0 Å². The van der Waals surface area contributed by atoms with Gasteiger partial charge in [-0.1, -0.05) is 31.5 Å². The first-order valence-electron chi connectivity index (χ1n) is 4.77. The molecule has 0 aliphatic rings. The van der Waals surface area contributed by atoms with Crippen molar-refractivity contribution < 1.29 is 9.18 Å². The van der Waals surface area contributed by atoms with E-state index in [0.717, 1.165) is 18.3 Å². The van der Waals surface area contributed by atoms with E-state index in [1.54, 1.807) is 12.1 Å². The van der Waals surface area contributed by atoms with Crippen LogP contribution in [0.25, 0.3) is 0 Å². The molecule has 0 radical (unpaired) electrons. The molecule has 1 atom stereocenters. The van der Waals surface area contributed by atoms with Gasteiger partial charge in [-0.05, 0) is 25.5 Å². The molecule has 0 spiro atoms. The van der Waals surface area contributed by atoms with Crippen molar-refractivity contribution in [2.75, 3.05) is 0 Å². The van der Waals surface area contributed by atoms with Crippen LogP contribution in [0.5, 0.6) is 0 Å². The number of carbonyl (C=O) groups excluding carboxylic acids is 1. The van der Waals surface area contributed by atoms with Crippen LogP contribution in [-0.2, 0) is 4.79 Å². The van der Waals surface area contributed by atoms with E-state index < -0.39 is 0 Å². The summed E-state index contributed by atoms with van der Waals surface area (Å²) >= 11 is 0. The summed E-state index contributed by atoms with van der Waals surface area (Å²) < 4.78 is 12.1. The topological polar surface area (TPSA) is 17.1 Å². The fraction of sp³-hybridized carbons (Fsp3) is 0.417. The highest BCUT2D eigenvalue weighted by Gasteiger charge is 1.89. The maximum absolute atomic E-state index is 12.1. The Morgan fingerprint density at radius 3 is 2.07 bits per heavy atom. The van der Waals surface area contributed by atoms with Crippen molar-refractivity contribution in [3.8, 4) is 0 Å². The van der Waals surface area contributed by atoms with E-state index in [-0.39, 0.29) is 11.7 Å². The first-order chi connectivity index (χ1) is 6.60. The Bertz CT molecular complexity index is 233. The Kier molecular flexibility index (Phi) is 6.63. The summed E-state index contributed by atoms with van der Waals surface area (Å²) in [5.41, 5.74) is 1.09. The van der Waals surface area contributed by atoms with Crippen LogP contribution < -0.4 is 0 Å². The normalized spacial score (nSPS) is 11.1. The van der Waals surface area contributed by atoms with Crippen molar-refractivity contribution >= 4 is 6.29 Å². The van der Waals surface area contributed by atoms with Crippen molar-refractivity contribution in [2.45, 2.75) is 27.2 Å². The number of rotatable bonds is 2. The number of hydrogen-bond donors (Lipinski definition) is 0. The van der Waals surface area contributed by atoms with Gasteiger partial charge in [0.25, 0.3) is 0 Å². The third kappa shape index (κ3) is 6.35. The van der Waals surface area contributed by atoms with Crippen molar-refractivity contribution in [3.63, 3.8) is 0 Å². The number of carbonyl (C=O) groups is 1. The van der Waals surface area contributed by atoms with Gasteiger partial charge in [0.15, 0.2) is 0 Å². The van der Waals surface area contributed by atoms with Gasteiger partial charge in [-0.15, -0.1) is 0 Å². The molecule has 1 aromatic rings. The number of hydrogen-bond acceptors (Lipinski definition) is 1. The standard InChI is InChI=1S/C7H7F.C5H10O/c1-6-2-4-7(8)5-3-6;1-3-5(2)4-6/h2-5H,1H3;4-5H,3H2,1-2H3. The van der Waals surface area contributed by atoms with E-state index in [0.29, 0.717) is 0 Å². The summed E-state index contributed by atoms with van der Waals surface area (Å²) in [5, 5.41) is 0. The molecule has 0 saturated carbocycles. The third-order valence-electron chi connectivity index (χ3n) is 1.89. The van der Waals surface area contributed by atoms with Crippen LogP contribution in [0, 0.1) is 18.7 Å². The predicted octanol–water partition coefficient (Wildman–Crippen LogP) is 3.37. The van der Waals surface area contributed by atoms with Crippen molar-refractivity contribution in [2.24, 2.45) is 5.92 Å². The van der Waals surface area contributed by atoms with Crippen molar-refractivity contribution in [1.82, 2.24) is 0 Å². The molecule has 1 aromatic carbocycles. The molecule has 1 unspecified atom stereocenters. The van der Waals surface area contributed by atoms with Gasteiger partial charge in [0.1, 0.15) is 12.1 Å². The van der Waals surface area contributed by atoms with Gasteiger partial charge in [-0.25, -0.2) is 4.39 Å². The zero-order chi connectivity index (χ0) is 11.0. The maximum atomic E-state index is 12.1. The van der Waals surface area contributed by atoms with Gasteiger partial charge in [0.2, 0.25) is 0 Å². The second-order valence-corrected chi connectivity index (χ2v) is 3.32. The second kappa shape index (κ2) is 7.25. The number of halogens is 1. The summed E-state index contributed by atoms with van der Waals surface area (Å²) in [6, 6.07) is 6.40. The maximum Gasteiger partial charge on any atom is 0.123 e. The van der Waals surface area contributed by atoms with Gasteiger partial charge >= 0.3 is 0 Å². The molecule has 1 nitrogen and oxygen atoms in total. The lowest BCUT2D eigenvalue weighted by Gasteiger charge is -1.89. The summed E-state index contributed by atoms with van der Waals surface area (Å²) in [7, 11) is 0. The first kappa shape index (κ1) is 12.8. The number of aryl methyl sites for hydroxylation is 1. The molecule has 2 heteroatoms. The summed E-state index contributed by atoms with van der Waals surface area (Å²) in [4.78, 5) is 9.74. The fourth-order valence-electron chi connectivity index (χ4n) is 0.629. The molecule has 1 rings (SSSR count). The molecule has 0 saturated heterocycles. The van der Waals surface area contributed by atoms with Crippen molar-refractivity contribution in [3.05, 3.63) is 35.6 Å². The summed E-state index contributed by atoms with van der Waals surface area (Å²) in [6.45, 7) is 5.84. The van der Waals surface area contributed by atoms with Crippen LogP contribution in [0.1, 0.15) is 25.8 Å². The van der Waals surface area contributed by atoms with Crippen LogP contribution in [0.4, 0.5) is 4.39 Å². The molecule has 0 aromatic heterocycles. The van der Waals surface area contributed by atoms with Crippen LogP contribution in [0.2, 0.25) is 0 Å². The molecule has 0 heterocycles. The van der Waals surface area contributed by atoms with E-state index in [4.69, 9.17) is 0 Å². The average molecular weight is 196 g/mol. The Morgan fingerprint density at radius 1 is 1.36 bits per heavy atom. The van der Waals surface area contributed by atoms with Crippen LogP contribution >= 0.6 is 0 Å². The summed E-state index contributed by atoms with van der Waals surface area (Å²) in [6.07, 6.45) is 1.93. The highest BCUT2D eigenvalue weighted by atomic mass is 19.1. The molecule has 0 N–H and O–H groups in total. The van der Waals surface area contributed by atoms with E-state index >= 15 is 0 Å². The van der Waals surface area contributed by atoms with Crippen molar-refractivity contribution in [1.29, 1.82) is 0 Å². The van der Waals surface area contributed by atoms with Crippen LogP contribution in [-0.4, -0.2) is 6.29 Å². The van der Waals surface area contributed by atoms with E-state index in [2.05, 4.69) is 0 Å². The molecular formula is C12H17FO. The lowest BCUT2D eigenvalue weighted by atomic mass is 10.2. The van der Waals surface area contributed by atoms with Crippen LogP contribution in [0.15, 0.2) is 24.3 Å². The average Bonchev–Trinajstić information content (AvgIpc) is 2.22. The largest absolute Gasteiger partial charge is 0.303 e. The molecular weight excluding hydrogens is 179 g/mol. The second-order valence-electron chi connectivity index (χ2n) is 3.32. The SMILES string of the molecule is CCC(C)C=O.Cc1ccc(F)cc1. The molecule has 0 aliphatic heterocycles. The smallest absolute Gasteiger partial charge is 0.123 e. The lowest BCUT2D eigenvalue weighted by molar-refractivity contribution is -0.110. The minimum Gasteiger partial charge on any atom is -0.303 e. The highest BCUT2D eigenvalue weighted by Crippen LogP contribution is 1.98. The minimum absolute atomic E-state index is 0.171. The molecule has 78 valence electrons. The minimum atomic E-state index is -0.171. The molecule has 0 fully saturated rings. The fourth-order valence-corrected chi connectivity index (χ4v) is 0.629. The Balaban J connectivity index is 0.000000255. The monoisotopic (exact) mass is 196 g/mol. The van der Waals surface area contributed by atoms with Crippen LogP contribution in [0.3, 0.4) is 0 Å². The quantitative estimate of drug-likeness (QED) is 0.663. The third-order valence-corrected chi connectivity index (χ3v) is 1.89. The Hall–Kier alpha value is -1.18. The zero-order valence-corrected chi connectivity index (χ0v) is 8.96. The van der Waals surface area contributed by atoms with Gasteiger partial charge in [0.05, 0.1) is 0 Å². The van der Waals surface area contributed by atoms with Gasteiger partial charge in [-0.2, -0.15) is 0 Å². The first-order valence-corrected chi connectivity index (χ1v) is 4.77. The van der Waals surface area contributed by atoms with Gasteiger partial charge in [0, 0.05) is 5.92 Å². The molecule has 0 amide bonds. The van der Waals surface area contributed by atoms with E-state index in [1.807, 2.05) is 20.8 Å². The Morgan fingerprint density at radius 2 is 1.86 bits per heavy atom. The lowest BCUT2D eigenvalue weighted by Crippen LogP contribution is -1.89. The zero-order valence-electron chi connectivity index (χ0n) is 8.96. The summed E-state index contributed by atoms with van der Waals surface area (Å²) in [5.74, 6) is 0.0839. The van der Waals surface area contributed by atoms with Gasteiger partial charge < -0.3 is 4.79 Å². The molecule has 0 aliphatic carbocycles. The van der Waals surface area contributed by atoms with E-state index in [1.165, 1.54) is 12.1 Å². The van der Waals surface area contributed by atoms with E-state index in [9.17, 15) is 9.18 Å². The number of aldehydes is 1. The molecule has 0 bridgehead atoms. The Labute approximate surface area is 85.0 Å². The number of benzene rings is 1. The predicted molar refractivity (Wildman–Crippen MR) is 56.7 cm³/mol.